The van der Waals surface area contributed by atoms with Crippen molar-refractivity contribution >= 4 is 37.8 Å². The minimum Gasteiger partial charge on any atom is -0.344 e. The quantitative estimate of drug-likeness (QED) is 0.411. The highest BCUT2D eigenvalue weighted by atomic mass is 79.9. The second-order valence-corrected chi connectivity index (χ2v) is 3.47. The van der Waals surface area contributed by atoms with E-state index in [0.717, 1.165) is 9.08 Å². The Morgan fingerprint density at radius 2 is 2.27 bits per heavy atom. The molecule has 1 rings (SSSR count). The van der Waals surface area contributed by atoms with Crippen LogP contribution in [0.25, 0.3) is 0 Å². The molecular formula is C5H5Br2N3O. The summed E-state index contributed by atoms with van der Waals surface area (Å²) in [6.07, 6.45) is 0. The molecule has 0 fully saturated rings. The number of aromatic amines is 1. The van der Waals surface area contributed by atoms with Crippen molar-refractivity contribution in [3.8, 4) is 0 Å². The number of hydrogen-bond donors (Lipinski definition) is 3. The van der Waals surface area contributed by atoms with Crippen LogP contribution in [0.2, 0.25) is 0 Å². The summed E-state index contributed by atoms with van der Waals surface area (Å²) in [6, 6.07) is 1.63. The van der Waals surface area contributed by atoms with Gasteiger partial charge in [-0.1, -0.05) is 0 Å². The van der Waals surface area contributed by atoms with Gasteiger partial charge in [-0.3, -0.25) is 10.2 Å². The molecule has 0 aliphatic carbocycles. The van der Waals surface area contributed by atoms with E-state index in [-0.39, 0.29) is 5.91 Å². The van der Waals surface area contributed by atoms with Crippen molar-refractivity contribution in [3.63, 3.8) is 0 Å². The van der Waals surface area contributed by atoms with E-state index in [1.54, 1.807) is 6.07 Å². The van der Waals surface area contributed by atoms with Gasteiger partial charge in [0.25, 0.3) is 5.91 Å². The zero-order chi connectivity index (χ0) is 8.43. The van der Waals surface area contributed by atoms with Crippen LogP contribution in [0.3, 0.4) is 0 Å². The van der Waals surface area contributed by atoms with E-state index in [9.17, 15) is 4.79 Å². The van der Waals surface area contributed by atoms with Gasteiger partial charge in [0.1, 0.15) is 5.69 Å². The molecule has 0 bridgehead atoms. The van der Waals surface area contributed by atoms with E-state index in [4.69, 9.17) is 5.84 Å². The van der Waals surface area contributed by atoms with Crippen molar-refractivity contribution < 1.29 is 4.79 Å². The van der Waals surface area contributed by atoms with Gasteiger partial charge >= 0.3 is 0 Å². The number of rotatable bonds is 1. The van der Waals surface area contributed by atoms with Crippen molar-refractivity contribution in [1.29, 1.82) is 0 Å². The van der Waals surface area contributed by atoms with Crippen molar-refractivity contribution in [2.75, 3.05) is 0 Å². The predicted octanol–water partition coefficient (Wildman–Crippen LogP) is 1.14. The summed E-state index contributed by atoms with van der Waals surface area (Å²) in [5.74, 6) is 4.56. The third kappa shape index (κ3) is 1.82. The first-order valence-corrected chi connectivity index (χ1v) is 4.28. The third-order valence-electron chi connectivity index (χ3n) is 1.10. The molecule has 0 atom stereocenters. The zero-order valence-corrected chi connectivity index (χ0v) is 8.49. The summed E-state index contributed by atoms with van der Waals surface area (Å²) < 4.78 is 1.51. The molecular weight excluding hydrogens is 278 g/mol. The zero-order valence-electron chi connectivity index (χ0n) is 5.32. The Hall–Kier alpha value is -0.330. The Morgan fingerprint density at radius 1 is 1.64 bits per heavy atom. The number of hydrogen-bond acceptors (Lipinski definition) is 2. The average Bonchev–Trinajstić information content (AvgIpc) is 2.31. The maximum absolute atomic E-state index is 10.9. The fourth-order valence-electron chi connectivity index (χ4n) is 0.604. The van der Waals surface area contributed by atoms with E-state index < -0.39 is 0 Å². The molecule has 11 heavy (non-hydrogen) atoms. The third-order valence-corrected chi connectivity index (χ3v) is 2.88. The van der Waals surface area contributed by atoms with Gasteiger partial charge < -0.3 is 4.98 Å². The van der Waals surface area contributed by atoms with Crippen LogP contribution in [-0.2, 0) is 0 Å². The van der Waals surface area contributed by atoms with E-state index in [2.05, 4.69) is 36.8 Å². The number of carbonyl (C=O) groups is 1. The van der Waals surface area contributed by atoms with E-state index in [1.807, 2.05) is 5.43 Å². The monoisotopic (exact) mass is 281 g/mol. The number of hydrazine groups is 1. The summed E-state index contributed by atoms with van der Waals surface area (Å²) in [4.78, 5) is 13.6. The summed E-state index contributed by atoms with van der Waals surface area (Å²) in [5.41, 5.74) is 2.42. The van der Waals surface area contributed by atoms with Crippen molar-refractivity contribution in [2.24, 2.45) is 5.84 Å². The minimum atomic E-state index is -0.351. The normalized spacial score (nSPS) is 9.73. The van der Waals surface area contributed by atoms with Crippen LogP contribution in [0.5, 0.6) is 0 Å². The molecule has 0 aliphatic rings. The van der Waals surface area contributed by atoms with Gasteiger partial charge in [0.15, 0.2) is 0 Å². The lowest BCUT2D eigenvalue weighted by Crippen LogP contribution is -2.30. The molecule has 0 spiro atoms. The Bertz CT molecular complexity index is 264. The lowest BCUT2D eigenvalue weighted by molar-refractivity contribution is 0.0949. The van der Waals surface area contributed by atoms with Crippen LogP contribution in [0.1, 0.15) is 10.5 Å². The second kappa shape index (κ2) is 3.38. The molecule has 1 amide bonds. The van der Waals surface area contributed by atoms with Crippen LogP contribution in [0.4, 0.5) is 0 Å². The number of nitrogens with one attached hydrogen (secondary N) is 2. The highest BCUT2D eigenvalue weighted by molar-refractivity contribution is 9.13. The van der Waals surface area contributed by atoms with Gasteiger partial charge in [-0.15, -0.1) is 0 Å². The molecule has 60 valence electrons. The highest BCUT2D eigenvalue weighted by Crippen LogP contribution is 2.22. The smallest absolute Gasteiger partial charge is 0.281 e. The molecule has 0 aromatic carbocycles. The number of halogens is 2. The van der Waals surface area contributed by atoms with Crippen LogP contribution in [-0.4, -0.2) is 10.9 Å². The highest BCUT2D eigenvalue weighted by Gasteiger charge is 2.08. The molecule has 0 saturated heterocycles. The SMILES string of the molecule is NNC(=O)c1cc(Br)c(Br)[nH]1. The lowest BCUT2D eigenvalue weighted by Gasteiger charge is -1.92. The molecule has 0 aliphatic heterocycles. The number of nitrogens with two attached hydrogens (primary N) is 1. The molecule has 0 unspecified atom stereocenters. The van der Waals surface area contributed by atoms with Gasteiger partial charge in [0, 0.05) is 0 Å². The molecule has 0 saturated carbocycles. The van der Waals surface area contributed by atoms with Crippen LogP contribution >= 0.6 is 31.9 Å². The molecule has 1 aromatic heterocycles. The van der Waals surface area contributed by atoms with E-state index >= 15 is 0 Å². The fraction of sp³-hybridized carbons (Fsp3) is 0. The van der Waals surface area contributed by atoms with E-state index in [0.29, 0.717) is 5.69 Å². The maximum Gasteiger partial charge on any atom is 0.281 e. The Kier molecular flexibility index (Phi) is 2.69. The van der Waals surface area contributed by atoms with Gasteiger partial charge in [-0.05, 0) is 37.9 Å². The van der Waals surface area contributed by atoms with Crippen LogP contribution in [0.15, 0.2) is 15.1 Å². The van der Waals surface area contributed by atoms with Crippen LogP contribution < -0.4 is 11.3 Å². The molecule has 4 N–H and O–H groups in total. The first-order valence-electron chi connectivity index (χ1n) is 2.70. The summed E-state index contributed by atoms with van der Waals surface area (Å²) >= 11 is 6.40. The number of H-pyrrole nitrogens is 1. The fourth-order valence-corrected chi connectivity index (χ4v) is 1.26. The van der Waals surface area contributed by atoms with Crippen molar-refractivity contribution in [2.45, 2.75) is 0 Å². The van der Waals surface area contributed by atoms with Crippen molar-refractivity contribution in [3.05, 3.63) is 20.8 Å². The largest absolute Gasteiger partial charge is 0.344 e. The first kappa shape index (κ1) is 8.76. The summed E-state index contributed by atoms with van der Waals surface area (Å²) in [7, 11) is 0. The number of aromatic nitrogens is 1. The van der Waals surface area contributed by atoms with Gasteiger partial charge in [-0.2, -0.15) is 0 Å². The van der Waals surface area contributed by atoms with Gasteiger partial charge in [0.2, 0.25) is 0 Å². The van der Waals surface area contributed by atoms with Gasteiger partial charge in [-0.25, -0.2) is 5.84 Å². The molecule has 6 heteroatoms. The number of nitrogen functional groups attached to an aromatic ring is 1. The summed E-state index contributed by atoms with van der Waals surface area (Å²) in [6.45, 7) is 0. The predicted molar refractivity (Wildman–Crippen MR) is 47.8 cm³/mol. The standard InChI is InChI=1S/C5H5Br2N3O/c6-2-1-3(5(11)10-8)9-4(2)7/h1,9H,8H2,(H,10,11). The molecule has 0 radical (unpaired) electrons. The molecule has 4 nitrogen and oxygen atoms in total. The van der Waals surface area contributed by atoms with Crippen molar-refractivity contribution in [1.82, 2.24) is 10.4 Å². The van der Waals surface area contributed by atoms with Gasteiger partial charge in [0.05, 0.1) is 9.08 Å². The summed E-state index contributed by atoms with van der Waals surface area (Å²) in [5, 5.41) is 0. The Labute approximate surface area is 79.8 Å². The molecule has 1 aromatic rings. The topological polar surface area (TPSA) is 70.9 Å². The first-order chi connectivity index (χ1) is 5.15. The average molecular weight is 283 g/mol. The number of carbonyl (C=O) groups excluding carboxylic acids is 1. The Morgan fingerprint density at radius 3 is 2.64 bits per heavy atom. The maximum atomic E-state index is 10.9. The van der Waals surface area contributed by atoms with E-state index in [1.165, 1.54) is 0 Å². The lowest BCUT2D eigenvalue weighted by atomic mass is 10.4. The molecule has 1 heterocycles. The van der Waals surface area contributed by atoms with Crippen LogP contribution in [0, 0.1) is 0 Å². The minimum absolute atomic E-state index is 0.351. The second-order valence-electron chi connectivity index (χ2n) is 1.82. The Balaban J connectivity index is 2.97. The number of amides is 1.